The lowest BCUT2D eigenvalue weighted by molar-refractivity contribution is 0.389. The number of hydrogen-bond acceptors (Lipinski definition) is 3. The smallest absolute Gasteiger partial charge is 0.124 e. The third kappa shape index (κ3) is 0.771. The second-order valence-electron chi connectivity index (χ2n) is 4.23. The molecular formula is C9H14N2O. The Morgan fingerprint density at radius 2 is 2.33 bits per heavy atom. The highest BCUT2D eigenvalue weighted by atomic mass is 16.5. The standard InChI is InChI=1S/C9H14N2O/c1-8(2)5-9(8,6-10)7-3-4-12-11-7/h3-4H,5-6,10H2,1-2H3. The molecule has 0 aromatic carbocycles. The van der Waals surface area contributed by atoms with Gasteiger partial charge >= 0.3 is 0 Å². The predicted octanol–water partition coefficient (Wildman–Crippen LogP) is 1.30. The summed E-state index contributed by atoms with van der Waals surface area (Å²) < 4.78 is 4.83. The fourth-order valence-electron chi connectivity index (χ4n) is 2.06. The van der Waals surface area contributed by atoms with Gasteiger partial charge in [0.2, 0.25) is 0 Å². The lowest BCUT2D eigenvalue weighted by Gasteiger charge is -2.14. The van der Waals surface area contributed by atoms with Gasteiger partial charge in [0.15, 0.2) is 0 Å². The minimum Gasteiger partial charge on any atom is -0.364 e. The number of nitrogens with two attached hydrogens (primary N) is 1. The molecule has 3 nitrogen and oxygen atoms in total. The van der Waals surface area contributed by atoms with Crippen LogP contribution in [0.4, 0.5) is 0 Å². The number of hydrogen-bond donors (Lipinski definition) is 1. The third-order valence-corrected chi connectivity index (χ3v) is 3.19. The highest BCUT2D eigenvalue weighted by Gasteiger charge is 2.62. The van der Waals surface area contributed by atoms with E-state index in [4.69, 9.17) is 10.3 Å². The summed E-state index contributed by atoms with van der Waals surface area (Å²) in [5, 5.41) is 3.96. The monoisotopic (exact) mass is 166 g/mol. The molecule has 1 aliphatic rings. The first-order chi connectivity index (χ1) is 5.62. The first-order valence-corrected chi connectivity index (χ1v) is 4.23. The molecule has 1 unspecified atom stereocenters. The zero-order valence-corrected chi connectivity index (χ0v) is 7.50. The van der Waals surface area contributed by atoms with Gasteiger partial charge in [0.25, 0.3) is 0 Å². The zero-order valence-electron chi connectivity index (χ0n) is 7.50. The van der Waals surface area contributed by atoms with Crippen LogP contribution in [-0.2, 0) is 5.41 Å². The highest BCUT2D eigenvalue weighted by molar-refractivity contribution is 5.31. The normalized spacial score (nSPS) is 31.9. The van der Waals surface area contributed by atoms with Crippen molar-refractivity contribution in [2.75, 3.05) is 6.54 Å². The van der Waals surface area contributed by atoms with E-state index in [0.717, 1.165) is 12.1 Å². The lowest BCUT2D eigenvalue weighted by atomic mass is 9.93. The van der Waals surface area contributed by atoms with Crippen LogP contribution in [0.5, 0.6) is 0 Å². The van der Waals surface area contributed by atoms with Crippen LogP contribution >= 0.6 is 0 Å². The van der Waals surface area contributed by atoms with Gasteiger partial charge in [-0.25, -0.2) is 0 Å². The lowest BCUT2D eigenvalue weighted by Crippen LogP contribution is -2.25. The van der Waals surface area contributed by atoms with E-state index >= 15 is 0 Å². The van der Waals surface area contributed by atoms with Crippen LogP contribution < -0.4 is 5.73 Å². The Morgan fingerprint density at radius 1 is 1.67 bits per heavy atom. The predicted molar refractivity (Wildman–Crippen MR) is 45.6 cm³/mol. The number of aromatic nitrogens is 1. The summed E-state index contributed by atoms with van der Waals surface area (Å²) in [7, 11) is 0. The van der Waals surface area contributed by atoms with Crippen molar-refractivity contribution in [1.82, 2.24) is 5.16 Å². The Labute approximate surface area is 71.9 Å². The van der Waals surface area contributed by atoms with Gasteiger partial charge in [0.1, 0.15) is 6.26 Å². The molecule has 0 aliphatic heterocycles. The molecule has 2 N–H and O–H groups in total. The third-order valence-electron chi connectivity index (χ3n) is 3.19. The van der Waals surface area contributed by atoms with Gasteiger partial charge < -0.3 is 10.3 Å². The Hall–Kier alpha value is -0.830. The molecule has 1 aromatic heterocycles. The van der Waals surface area contributed by atoms with Crippen molar-refractivity contribution >= 4 is 0 Å². The maximum absolute atomic E-state index is 5.75. The highest BCUT2D eigenvalue weighted by Crippen LogP contribution is 2.63. The maximum atomic E-state index is 5.75. The molecule has 0 amide bonds. The summed E-state index contributed by atoms with van der Waals surface area (Å²) in [6.45, 7) is 5.09. The van der Waals surface area contributed by atoms with Crippen LogP contribution in [0.1, 0.15) is 26.0 Å². The van der Waals surface area contributed by atoms with Gasteiger partial charge in [-0.2, -0.15) is 0 Å². The summed E-state index contributed by atoms with van der Waals surface area (Å²) in [6, 6.07) is 1.92. The molecule has 2 rings (SSSR count). The second kappa shape index (κ2) is 2.10. The Morgan fingerprint density at radius 3 is 2.67 bits per heavy atom. The summed E-state index contributed by atoms with van der Waals surface area (Å²) in [6.07, 6.45) is 2.73. The fourth-order valence-corrected chi connectivity index (χ4v) is 2.06. The first-order valence-electron chi connectivity index (χ1n) is 4.23. The molecule has 0 spiro atoms. The molecule has 1 aromatic rings. The molecule has 0 saturated heterocycles. The maximum Gasteiger partial charge on any atom is 0.124 e. The quantitative estimate of drug-likeness (QED) is 0.720. The van der Waals surface area contributed by atoms with E-state index in [1.54, 1.807) is 6.26 Å². The minimum atomic E-state index is 0.0833. The van der Waals surface area contributed by atoms with Crippen LogP contribution in [-0.4, -0.2) is 11.7 Å². The molecule has 1 atom stereocenters. The Bertz CT molecular complexity index is 279. The van der Waals surface area contributed by atoms with E-state index in [0.29, 0.717) is 12.0 Å². The molecular weight excluding hydrogens is 152 g/mol. The number of rotatable bonds is 2. The van der Waals surface area contributed by atoms with Crippen molar-refractivity contribution in [2.45, 2.75) is 25.7 Å². The van der Waals surface area contributed by atoms with Gasteiger partial charge in [-0.3, -0.25) is 0 Å². The van der Waals surface area contributed by atoms with E-state index in [1.165, 1.54) is 0 Å². The zero-order chi connectivity index (χ0) is 8.82. The molecule has 0 radical (unpaired) electrons. The first kappa shape index (κ1) is 7.80. The summed E-state index contributed by atoms with van der Waals surface area (Å²) in [4.78, 5) is 0. The largest absolute Gasteiger partial charge is 0.364 e. The fraction of sp³-hybridized carbons (Fsp3) is 0.667. The molecule has 1 heterocycles. The van der Waals surface area contributed by atoms with Crippen molar-refractivity contribution in [3.8, 4) is 0 Å². The van der Waals surface area contributed by atoms with Crippen LogP contribution in [0.2, 0.25) is 0 Å². The molecule has 66 valence electrons. The number of nitrogens with zero attached hydrogens (tertiary/aromatic N) is 1. The summed E-state index contributed by atoms with van der Waals surface area (Å²) in [5.41, 5.74) is 7.14. The van der Waals surface area contributed by atoms with Gasteiger partial charge in [-0.15, -0.1) is 0 Å². The second-order valence-corrected chi connectivity index (χ2v) is 4.23. The average molecular weight is 166 g/mol. The van der Waals surface area contributed by atoms with Crippen molar-refractivity contribution in [2.24, 2.45) is 11.1 Å². The van der Waals surface area contributed by atoms with Crippen LogP contribution in [0.3, 0.4) is 0 Å². The van der Waals surface area contributed by atoms with E-state index in [2.05, 4.69) is 19.0 Å². The van der Waals surface area contributed by atoms with Crippen molar-refractivity contribution in [1.29, 1.82) is 0 Å². The topological polar surface area (TPSA) is 52.0 Å². The van der Waals surface area contributed by atoms with Crippen LogP contribution in [0.25, 0.3) is 0 Å². The van der Waals surface area contributed by atoms with E-state index < -0.39 is 0 Å². The van der Waals surface area contributed by atoms with E-state index in [1.807, 2.05) is 6.07 Å². The SMILES string of the molecule is CC1(C)CC1(CN)c1ccon1. The Balaban J connectivity index is 2.34. The summed E-state index contributed by atoms with van der Waals surface area (Å²) >= 11 is 0. The van der Waals surface area contributed by atoms with E-state index in [-0.39, 0.29) is 5.41 Å². The molecule has 0 bridgehead atoms. The molecule has 1 fully saturated rings. The van der Waals surface area contributed by atoms with Gasteiger partial charge in [-0.1, -0.05) is 19.0 Å². The minimum absolute atomic E-state index is 0.0833. The van der Waals surface area contributed by atoms with Crippen LogP contribution in [0.15, 0.2) is 16.9 Å². The van der Waals surface area contributed by atoms with E-state index in [9.17, 15) is 0 Å². The molecule has 1 aliphatic carbocycles. The molecule has 12 heavy (non-hydrogen) atoms. The molecule has 1 saturated carbocycles. The van der Waals surface area contributed by atoms with Gasteiger partial charge in [-0.05, 0) is 11.8 Å². The average Bonchev–Trinajstić information content (AvgIpc) is 2.52. The summed E-state index contributed by atoms with van der Waals surface area (Å²) in [5.74, 6) is 0. The Kier molecular flexibility index (Phi) is 1.37. The van der Waals surface area contributed by atoms with Crippen molar-refractivity contribution in [3.05, 3.63) is 18.0 Å². The van der Waals surface area contributed by atoms with Gasteiger partial charge in [0.05, 0.1) is 5.69 Å². The van der Waals surface area contributed by atoms with Crippen LogP contribution in [0, 0.1) is 5.41 Å². The van der Waals surface area contributed by atoms with Gasteiger partial charge in [0, 0.05) is 18.0 Å². The van der Waals surface area contributed by atoms with Crippen molar-refractivity contribution in [3.63, 3.8) is 0 Å². The van der Waals surface area contributed by atoms with Crippen molar-refractivity contribution < 1.29 is 4.52 Å². The molecule has 3 heteroatoms.